The van der Waals surface area contributed by atoms with Crippen molar-refractivity contribution < 1.29 is 35.7 Å². The van der Waals surface area contributed by atoms with E-state index in [-0.39, 0.29) is 36.9 Å². The number of aliphatic carboxylic acids is 2. The minimum atomic E-state index is -1.24. The molecule has 8 heteroatoms. The highest BCUT2D eigenvalue weighted by Crippen LogP contribution is 2.20. The summed E-state index contributed by atoms with van der Waals surface area (Å²) in [4.78, 5) is 21.4. The third kappa shape index (κ3) is 18.6. The number of aliphatic hydroxyl groups is 2. The molecule has 0 aromatic carbocycles. The van der Waals surface area contributed by atoms with Gasteiger partial charge in [0.15, 0.2) is 0 Å². The van der Waals surface area contributed by atoms with Crippen LogP contribution in [0.2, 0.25) is 0 Å². The molecule has 0 saturated carbocycles. The molecule has 0 radical (unpaired) electrons. The van der Waals surface area contributed by atoms with Gasteiger partial charge in [0.25, 0.3) is 0 Å². The Labute approximate surface area is 189 Å². The quantitative estimate of drug-likeness (QED) is 0.140. The Morgan fingerprint density at radius 1 is 0.968 bits per heavy atom. The van der Waals surface area contributed by atoms with Crippen molar-refractivity contribution in [2.24, 2.45) is 0 Å². The molecular weight excluding hydrogens is 418 g/mol. The maximum atomic E-state index is 10.8. The number of quaternary nitrogens is 1. The molecule has 0 aliphatic heterocycles. The van der Waals surface area contributed by atoms with E-state index in [1.54, 1.807) is 12.2 Å². The molecule has 5 N–H and O–H groups in total. The van der Waals surface area contributed by atoms with Gasteiger partial charge in [-0.25, -0.2) is 0 Å². The monoisotopic (exact) mass is 454 g/mol. The Bertz CT molecular complexity index is 603. The van der Waals surface area contributed by atoms with Crippen LogP contribution in [0.15, 0.2) is 48.6 Å². The van der Waals surface area contributed by atoms with E-state index in [4.69, 9.17) is 5.11 Å². The van der Waals surface area contributed by atoms with Gasteiger partial charge in [-0.2, -0.15) is 0 Å². The van der Waals surface area contributed by atoms with Crippen LogP contribution in [0.1, 0.15) is 51.4 Å². The molecule has 7 nitrogen and oxygen atoms in total. The summed E-state index contributed by atoms with van der Waals surface area (Å²) in [6.45, 7) is 0.254. The number of hydrogen-bond acceptors (Lipinski definition) is 7. The van der Waals surface area contributed by atoms with E-state index in [1.807, 2.05) is 24.3 Å². The molecule has 0 aliphatic rings. The van der Waals surface area contributed by atoms with E-state index in [0.717, 1.165) is 32.1 Å². The van der Waals surface area contributed by atoms with Gasteiger partial charge in [0, 0.05) is 17.8 Å². The zero-order valence-corrected chi connectivity index (χ0v) is 18.9. The standard InChI is InChI=1S/C23H37NO6S/c24-19(23(29)30)18-31-21(20(26)14-13-16-22(27)28)15-11-9-7-5-3-1-2-4-6-8-10-12-17-25/h2-5,7,9,11,15,19-21,25-26H,1,6,8,10,12-14,16-18,24H2,(H,27,28)(H,29,30)/p-1/b4-2-,5-3-,9-7+,15-11+/t19-,20-,21+/m0/s1. The summed E-state index contributed by atoms with van der Waals surface area (Å²) in [5.41, 5.74) is 3.51. The van der Waals surface area contributed by atoms with Crippen LogP contribution in [0.3, 0.4) is 0 Å². The van der Waals surface area contributed by atoms with Crippen LogP contribution in [0.4, 0.5) is 0 Å². The van der Waals surface area contributed by atoms with Crippen LogP contribution in [-0.2, 0) is 9.59 Å². The zero-order chi connectivity index (χ0) is 23.3. The van der Waals surface area contributed by atoms with Crippen molar-refractivity contribution in [3.63, 3.8) is 0 Å². The molecule has 31 heavy (non-hydrogen) atoms. The SMILES string of the molecule is [NH3+][C@@H](CS[C@H](/C=C/C=C/C=C\C/C=C\CCCCCO)[C@@H](O)CCCC(=O)[O-])C(=O)[O-]. The number of thioether (sulfide) groups is 1. The molecule has 0 aliphatic carbocycles. The van der Waals surface area contributed by atoms with Gasteiger partial charge in [0.1, 0.15) is 6.04 Å². The number of hydrogen-bond donors (Lipinski definition) is 3. The largest absolute Gasteiger partial charge is 0.550 e. The Morgan fingerprint density at radius 2 is 1.71 bits per heavy atom. The summed E-state index contributed by atoms with van der Waals surface area (Å²) in [7, 11) is 0. The maximum absolute atomic E-state index is 10.8. The minimum absolute atomic E-state index is 0.128. The first-order chi connectivity index (χ1) is 14.9. The molecule has 0 aromatic rings. The number of carboxylic acid groups (broad SMARTS) is 2. The van der Waals surface area contributed by atoms with Crippen LogP contribution >= 0.6 is 11.8 Å². The topological polar surface area (TPSA) is 148 Å². The van der Waals surface area contributed by atoms with E-state index >= 15 is 0 Å². The molecule has 176 valence electrons. The molecule has 0 spiro atoms. The first-order valence-corrected chi connectivity index (χ1v) is 11.7. The fourth-order valence-corrected chi connectivity index (χ4v) is 3.66. The number of aliphatic hydroxyl groups excluding tert-OH is 2. The van der Waals surface area contributed by atoms with Crippen LogP contribution in [-0.4, -0.2) is 51.9 Å². The van der Waals surface area contributed by atoms with Gasteiger partial charge < -0.3 is 35.7 Å². The molecule has 3 atom stereocenters. The molecule has 0 bridgehead atoms. The lowest BCUT2D eigenvalue weighted by atomic mass is 10.1. The average molecular weight is 455 g/mol. The molecule has 0 unspecified atom stereocenters. The molecule has 0 fully saturated rings. The molecule has 0 rings (SSSR count). The summed E-state index contributed by atoms with van der Waals surface area (Å²) < 4.78 is 0. The predicted molar refractivity (Wildman–Crippen MR) is 120 cm³/mol. The van der Waals surface area contributed by atoms with Crippen molar-refractivity contribution in [3.05, 3.63) is 48.6 Å². The van der Waals surface area contributed by atoms with Gasteiger partial charge in [0.05, 0.1) is 17.8 Å². The van der Waals surface area contributed by atoms with E-state index in [9.17, 15) is 24.9 Å². The summed E-state index contributed by atoms with van der Waals surface area (Å²) in [6, 6.07) is -0.891. The lowest BCUT2D eigenvalue weighted by molar-refractivity contribution is -0.431. The van der Waals surface area contributed by atoms with Crippen molar-refractivity contribution >= 4 is 23.7 Å². The van der Waals surface area contributed by atoms with Gasteiger partial charge in [-0.05, 0) is 44.9 Å². The van der Waals surface area contributed by atoms with E-state index < -0.39 is 24.1 Å². The van der Waals surface area contributed by atoms with Gasteiger partial charge in [-0.1, -0.05) is 55.0 Å². The fourth-order valence-electron chi connectivity index (χ4n) is 2.51. The van der Waals surface area contributed by atoms with Crippen molar-refractivity contribution in [3.8, 4) is 0 Å². The lowest BCUT2D eigenvalue weighted by Crippen LogP contribution is -2.69. The first kappa shape index (κ1) is 29.1. The molecular formula is C23H36NO6S-. The Balaban J connectivity index is 4.46. The summed E-state index contributed by atoms with van der Waals surface area (Å²) >= 11 is 1.25. The number of allylic oxidation sites excluding steroid dienone is 7. The summed E-state index contributed by atoms with van der Waals surface area (Å²) in [5.74, 6) is -2.22. The number of carboxylic acids is 2. The minimum Gasteiger partial charge on any atom is -0.550 e. The highest BCUT2D eigenvalue weighted by Gasteiger charge is 2.19. The Kier molecular flexibility index (Phi) is 18.8. The fraction of sp³-hybridized carbons (Fsp3) is 0.565. The summed E-state index contributed by atoms with van der Waals surface area (Å²) in [5, 5.41) is 40.0. The van der Waals surface area contributed by atoms with Gasteiger partial charge in [-0.3, -0.25) is 0 Å². The molecule has 0 heterocycles. The van der Waals surface area contributed by atoms with E-state index in [2.05, 4.69) is 17.9 Å². The normalized spacial score (nSPS) is 15.3. The van der Waals surface area contributed by atoms with Crippen LogP contribution < -0.4 is 15.9 Å². The number of unbranched alkanes of at least 4 members (excludes halogenated alkanes) is 3. The second kappa shape index (κ2) is 20.1. The van der Waals surface area contributed by atoms with E-state index in [1.165, 1.54) is 11.8 Å². The van der Waals surface area contributed by atoms with Crippen LogP contribution in [0.5, 0.6) is 0 Å². The van der Waals surface area contributed by atoms with Crippen molar-refractivity contribution in [1.82, 2.24) is 0 Å². The maximum Gasteiger partial charge on any atom is 0.134 e. The van der Waals surface area contributed by atoms with Gasteiger partial charge >= 0.3 is 0 Å². The predicted octanol–water partition coefficient (Wildman–Crippen LogP) is -0.103. The highest BCUT2D eigenvalue weighted by atomic mass is 32.2. The molecule has 0 amide bonds. The zero-order valence-electron chi connectivity index (χ0n) is 18.1. The number of carbonyl (C=O) groups is 2. The molecule has 0 saturated heterocycles. The van der Waals surface area contributed by atoms with Crippen LogP contribution in [0.25, 0.3) is 0 Å². The third-order valence-corrected chi connectivity index (χ3v) is 5.77. The Hall–Kier alpha value is -1.87. The Morgan fingerprint density at radius 3 is 2.39 bits per heavy atom. The second-order valence-corrected chi connectivity index (χ2v) is 8.33. The third-order valence-electron chi connectivity index (χ3n) is 4.32. The lowest BCUT2D eigenvalue weighted by Gasteiger charge is -2.20. The van der Waals surface area contributed by atoms with Gasteiger partial charge in [-0.15, -0.1) is 11.8 Å². The van der Waals surface area contributed by atoms with Crippen molar-refractivity contribution in [2.45, 2.75) is 68.8 Å². The smallest absolute Gasteiger partial charge is 0.134 e. The first-order valence-electron chi connectivity index (χ1n) is 10.7. The van der Waals surface area contributed by atoms with Crippen LogP contribution in [0, 0.1) is 0 Å². The van der Waals surface area contributed by atoms with Crippen molar-refractivity contribution in [2.75, 3.05) is 12.4 Å². The highest BCUT2D eigenvalue weighted by molar-refractivity contribution is 8.00. The van der Waals surface area contributed by atoms with Crippen molar-refractivity contribution in [1.29, 1.82) is 0 Å². The number of rotatable bonds is 19. The number of carbonyl (C=O) groups excluding carboxylic acids is 2. The summed E-state index contributed by atoms with van der Waals surface area (Å²) in [6.07, 6.45) is 19.9. The molecule has 0 aromatic heterocycles. The van der Waals surface area contributed by atoms with E-state index in [0.29, 0.717) is 0 Å². The average Bonchev–Trinajstić information content (AvgIpc) is 2.72. The van der Waals surface area contributed by atoms with Gasteiger partial charge in [0.2, 0.25) is 0 Å². The second-order valence-electron chi connectivity index (χ2n) is 7.12.